The molecule has 0 amide bonds. The van der Waals surface area contributed by atoms with E-state index in [0.717, 1.165) is 36.1 Å². The summed E-state index contributed by atoms with van der Waals surface area (Å²) in [7, 11) is 1.74. The summed E-state index contributed by atoms with van der Waals surface area (Å²) in [5.74, 6) is 2.36. The highest BCUT2D eigenvalue weighted by Crippen LogP contribution is 2.59. The Morgan fingerprint density at radius 2 is 1.90 bits per heavy atom. The number of carbonyl (C=O) groups is 1. The molecule has 1 fully saturated rings. The molecule has 0 N–H and O–H groups in total. The van der Waals surface area contributed by atoms with Crippen molar-refractivity contribution in [2.24, 2.45) is 11.3 Å². The van der Waals surface area contributed by atoms with Gasteiger partial charge in [-0.1, -0.05) is 61.0 Å². The Hall–Kier alpha value is -2.61. The molecule has 1 saturated carbocycles. The van der Waals surface area contributed by atoms with Gasteiger partial charge in [0.2, 0.25) is 0 Å². The van der Waals surface area contributed by atoms with Crippen LogP contribution >= 0.6 is 0 Å². The molecule has 0 bridgehead atoms. The third-order valence-electron chi connectivity index (χ3n) is 7.48. The van der Waals surface area contributed by atoms with Gasteiger partial charge in [0.25, 0.3) is 0 Å². The van der Waals surface area contributed by atoms with Gasteiger partial charge in [-0.15, -0.1) is 0 Å². The van der Waals surface area contributed by atoms with Crippen molar-refractivity contribution in [3.05, 3.63) is 88.5 Å². The highest BCUT2D eigenvalue weighted by molar-refractivity contribution is 6.00. The molecule has 2 unspecified atom stereocenters. The number of aryl methyl sites for hydroxylation is 1. The van der Waals surface area contributed by atoms with E-state index in [0.29, 0.717) is 18.3 Å². The van der Waals surface area contributed by atoms with E-state index >= 15 is 0 Å². The van der Waals surface area contributed by atoms with Crippen molar-refractivity contribution >= 4 is 5.78 Å². The van der Waals surface area contributed by atoms with Crippen molar-refractivity contribution in [2.45, 2.75) is 44.9 Å². The number of methoxy groups -OCH3 is 1. The van der Waals surface area contributed by atoms with Gasteiger partial charge in [0.15, 0.2) is 5.78 Å². The fourth-order valence-electron chi connectivity index (χ4n) is 5.97. The van der Waals surface area contributed by atoms with E-state index < -0.39 is 0 Å². The van der Waals surface area contributed by atoms with Crippen molar-refractivity contribution in [3.63, 3.8) is 0 Å². The van der Waals surface area contributed by atoms with Gasteiger partial charge in [0.05, 0.1) is 7.11 Å². The summed E-state index contributed by atoms with van der Waals surface area (Å²) in [6.45, 7) is 2.31. The molecule has 29 heavy (non-hydrogen) atoms. The SMILES string of the molecule is COc1ccc2c(c1)CCC1C3=CC=C(C(=O)Cc4ccccc4)[C@@]3(C)CCC21. The van der Waals surface area contributed by atoms with Crippen molar-refractivity contribution in [2.75, 3.05) is 7.11 Å². The quantitative estimate of drug-likeness (QED) is 0.664. The van der Waals surface area contributed by atoms with Crippen LogP contribution in [0.15, 0.2) is 71.8 Å². The zero-order chi connectivity index (χ0) is 20.0. The molecule has 2 aromatic carbocycles. The van der Waals surface area contributed by atoms with Crippen molar-refractivity contribution in [3.8, 4) is 5.75 Å². The van der Waals surface area contributed by atoms with Crippen LogP contribution in [-0.4, -0.2) is 12.9 Å². The molecular formula is C27H28O2. The van der Waals surface area contributed by atoms with E-state index in [1.54, 1.807) is 7.11 Å². The molecule has 0 aliphatic heterocycles. The Balaban J connectivity index is 1.39. The summed E-state index contributed by atoms with van der Waals surface area (Å²) in [6.07, 6.45) is 9.37. The van der Waals surface area contributed by atoms with E-state index in [2.05, 4.69) is 37.3 Å². The average Bonchev–Trinajstić information content (AvgIpc) is 3.11. The molecule has 5 rings (SSSR count). The number of ketones is 1. The number of fused-ring (bicyclic) bond motifs is 5. The first kappa shape index (κ1) is 18.4. The number of hydrogen-bond donors (Lipinski definition) is 0. The van der Waals surface area contributed by atoms with Gasteiger partial charge >= 0.3 is 0 Å². The molecular weight excluding hydrogens is 356 g/mol. The molecule has 148 valence electrons. The molecule has 0 aromatic heterocycles. The third-order valence-corrected chi connectivity index (χ3v) is 7.48. The number of allylic oxidation sites excluding steroid dienone is 4. The van der Waals surface area contributed by atoms with Crippen molar-refractivity contribution in [1.82, 2.24) is 0 Å². The minimum Gasteiger partial charge on any atom is -0.497 e. The van der Waals surface area contributed by atoms with Crippen LogP contribution in [0.5, 0.6) is 5.75 Å². The average molecular weight is 385 g/mol. The number of rotatable bonds is 4. The lowest BCUT2D eigenvalue weighted by molar-refractivity contribution is -0.115. The molecule has 2 nitrogen and oxygen atoms in total. The van der Waals surface area contributed by atoms with Crippen LogP contribution in [-0.2, 0) is 17.6 Å². The number of hydrogen-bond acceptors (Lipinski definition) is 2. The normalized spacial score (nSPS) is 27.2. The Morgan fingerprint density at radius 1 is 1.07 bits per heavy atom. The monoisotopic (exact) mass is 384 g/mol. The van der Waals surface area contributed by atoms with E-state index in [-0.39, 0.29) is 11.2 Å². The predicted octanol–water partition coefficient (Wildman–Crippen LogP) is 5.82. The van der Waals surface area contributed by atoms with Gasteiger partial charge in [-0.25, -0.2) is 0 Å². The molecule has 3 atom stereocenters. The molecule has 3 aliphatic rings. The fourth-order valence-corrected chi connectivity index (χ4v) is 5.97. The first-order valence-electron chi connectivity index (χ1n) is 10.8. The number of benzene rings is 2. The molecule has 2 heteroatoms. The highest BCUT2D eigenvalue weighted by atomic mass is 16.5. The van der Waals surface area contributed by atoms with E-state index in [4.69, 9.17) is 4.74 Å². The Kier molecular flexibility index (Phi) is 4.46. The lowest BCUT2D eigenvalue weighted by Crippen LogP contribution is -2.37. The minimum atomic E-state index is -0.0863. The molecule has 3 aliphatic carbocycles. The second-order valence-electron chi connectivity index (χ2n) is 8.98. The van der Waals surface area contributed by atoms with Crippen LogP contribution in [0.4, 0.5) is 0 Å². The number of carbonyl (C=O) groups excluding carboxylic acids is 1. The zero-order valence-electron chi connectivity index (χ0n) is 17.3. The third kappa shape index (κ3) is 2.97. The molecule has 0 spiro atoms. The topological polar surface area (TPSA) is 26.3 Å². The maximum absolute atomic E-state index is 13.2. The Bertz CT molecular complexity index is 1010. The summed E-state index contributed by atoms with van der Waals surface area (Å²) in [5, 5.41) is 0. The maximum Gasteiger partial charge on any atom is 0.164 e. The van der Waals surface area contributed by atoms with E-state index in [1.807, 2.05) is 30.3 Å². The van der Waals surface area contributed by atoms with Gasteiger partial charge in [-0.3, -0.25) is 4.79 Å². The van der Waals surface area contributed by atoms with Crippen LogP contribution in [0.1, 0.15) is 48.8 Å². The number of Topliss-reactive ketones (excluding diaryl/α,β-unsaturated/α-hetero) is 1. The van der Waals surface area contributed by atoms with Gasteiger partial charge < -0.3 is 4.74 Å². The van der Waals surface area contributed by atoms with Crippen LogP contribution in [0.3, 0.4) is 0 Å². The Labute approximate surface area is 173 Å². The van der Waals surface area contributed by atoms with Gasteiger partial charge in [0, 0.05) is 17.4 Å². The number of ether oxygens (including phenoxy) is 1. The largest absolute Gasteiger partial charge is 0.497 e. The fraction of sp³-hybridized carbons (Fsp3) is 0.370. The summed E-state index contributed by atoms with van der Waals surface area (Å²) >= 11 is 0. The second-order valence-corrected chi connectivity index (χ2v) is 8.98. The summed E-state index contributed by atoms with van der Waals surface area (Å²) in [6, 6.07) is 16.7. The van der Waals surface area contributed by atoms with Gasteiger partial charge in [-0.05, 0) is 66.3 Å². The highest BCUT2D eigenvalue weighted by Gasteiger charge is 2.49. The minimum absolute atomic E-state index is 0.0863. The molecule has 0 radical (unpaired) electrons. The van der Waals surface area contributed by atoms with E-state index in [9.17, 15) is 4.79 Å². The standard InChI is InChI=1S/C27H28O2/c1-27-15-14-22-21-11-9-20(29-2)17-19(21)8-10-23(22)24(27)12-13-25(27)26(28)16-18-6-4-3-5-7-18/h3-7,9,11-13,17,22-23H,8,10,14-16H2,1-2H3/t22?,23?,27-/m0/s1. The smallest absolute Gasteiger partial charge is 0.164 e. The maximum atomic E-state index is 13.2. The molecule has 2 aromatic rings. The summed E-state index contributed by atoms with van der Waals surface area (Å²) in [4.78, 5) is 13.2. The summed E-state index contributed by atoms with van der Waals surface area (Å²) in [5.41, 5.74) is 6.47. The van der Waals surface area contributed by atoms with Crippen LogP contribution in [0.25, 0.3) is 0 Å². The van der Waals surface area contributed by atoms with Gasteiger partial charge in [-0.2, -0.15) is 0 Å². The first-order chi connectivity index (χ1) is 14.1. The molecule has 0 saturated heterocycles. The molecule has 0 heterocycles. The second kappa shape index (κ2) is 7.02. The van der Waals surface area contributed by atoms with Gasteiger partial charge in [0.1, 0.15) is 5.75 Å². The zero-order valence-corrected chi connectivity index (χ0v) is 17.3. The van der Waals surface area contributed by atoms with Crippen molar-refractivity contribution in [1.29, 1.82) is 0 Å². The van der Waals surface area contributed by atoms with Crippen molar-refractivity contribution < 1.29 is 9.53 Å². The van der Waals surface area contributed by atoms with Crippen LogP contribution in [0, 0.1) is 11.3 Å². The predicted molar refractivity (Wildman–Crippen MR) is 116 cm³/mol. The van der Waals surface area contributed by atoms with Crippen LogP contribution < -0.4 is 4.74 Å². The lowest BCUT2D eigenvalue weighted by Gasteiger charge is -2.47. The first-order valence-corrected chi connectivity index (χ1v) is 10.8. The summed E-state index contributed by atoms with van der Waals surface area (Å²) < 4.78 is 5.43. The van der Waals surface area contributed by atoms with Crippen LogP contribution in [0.2, 0.25) is 0 Å². The lowest BCUT2D eigenvalue weighted by atomic mass is 9.56. The van der Waals surface area contributed by atoms with E-state index in [1.165, 1.54) is 23.1 Å². The Morgan fingerprint density at radius 3 is 2.69 bits per heavy atom.